The summed E-state index contributed by atoms with van der Waals surface area (Å²) < 4.78 is 5.79. The molecule has 25 heavy (non-hydrogen) atoms. The van der Waals surface area contributed by atoms with Gasteiger partial charge in [0.15, 0.2) is 11.9 Å². The summed E-state index contributed by atoms with van der Waals surface area (Å²) in [5.41, 5.74) is 0.563. The van der Waals surface area contributed by atoms with Crippen molar-refractivity contribution in [3.63, 3.8) is 0 Å². The SMILES string of the molecule is CC(=O)c1cccc(OC(C)C(=O)N2CCCC2C2CCCC2=O)c1. The number of nitrogens with zero attached hydrogens (tertiary/aromatic N) is 1. The minimum absolute atomic E-state index is 0.000286. The molecule has 3 rings (SSSR count). The Morgan fingerprint density at radius 1 is 1.24 bits per heavy atom. The summed E-state index contributed by atoms with van der Waals surface area (Å²) >= 11 is 0. The molecule has 134 valence electrons. The quantitative estimate of drug-likeness (QED) is 0.771. The molecule has 2 fully saturated rings. The first-order chi connectivity index (χ1) is 12.0. The first kappa shape index (κ1) is 17.6. The van der Waals surface area contributed by atoms with Crippen LogP contribution in [0.4, 0.5) is 0 Å². The fraction of sp³-hybridized carbons (Fsp3) is 0.550. The van der Waals surface area contributed by atoms with Gasteiger partial charge in [-0.05, 0) is 51.7 Å². The topological polar surface area (TPSA) is 63.7 Å². The third kappa shape index (κ3) is 3.75. The van der Waals surface area contributed by atoms with Crippen LogP contribution in [-0.4, -0.2) is 41.1 Å². The predicted octanol–water partition coefficient (Wildman–Crippen LogP) is 3.02. The summed E-state index contributed by atoms with van der Waals surface area (Å²) in [6.45, 7) is 3.92. The number of carbonyl (C=O) groups is 3. The van der Waals surface area contributed by atoms with Crippen LogP contribution in [0.3, 0.4) is 0 Å². The molecule has 1 amide bonds. The van der Waals surface area contributed by atoms with Gasteiger partial charge >= 0.3 is 0 Å². The number of rotatable bonds is 5. The summed E-state index contributed by atoms with van der Waals surface area (Å²) in [6.07, 6.45) is 3.67. The molecule has 5 heteroatoms. The first-order valence-electron chi connectivity index (χ1n) is 9.08. The second kappa shape index (κ2) is 7.38. The number of benzene rings is 1. The number of likely N-dealkylation sites (tertiary alicyclic amines) is 1. The van der Waals surface area contributed by atoms with Gasteiger partial charge in [-0.1, -0.05) is 12.1 Å². The molecule has 1 aliphatic carbocycles. The molecule has 3 unspecified atom stereocenters. The lowest BCUT2D eigenvalue weighted by atomic mass is 9.95. The van der Waals surface area contributed by atoms with Crippen LogP contribution in [-0.2, 0) is 9.59 Å². The fourth-order valence-electron chi connectivity index (χ4n) is 4.01. The molecule has 3 atom stereocenters. The first-order valence-corrected chi connectivity index (χ1v) is 9.08. The molecule has 1 aliphatic heterocycles. The van der Waals surface area contributed by atoms with Crippen molar-refractivity contribution in [3.05, 3.63) is 29.8 Å². The second-order valence-electron chi connectivity index (χ2n) is 7.05. The van der Waals surface area contributed by atoms with E-state index in [0.717, 1.165) is 25.7 Å². The van der Waals surface area contributed by atoms with Gasteiger partial charge in [0.05, 0.1) is 0 Å². The third-order valence-corrected chi connectivity index (χ3v) is 5.30. The summed E-state index contributed by atoms with van der Waals surface area (Å²) in [7, 11) is 0. The average Bonchev–Trinajstić information content (AvgIpc) is 3.22. The minimum Gasteiger partial charge on any atom is -0.481 e. The maximum atomic E-state index is 12.9. The van der Waals surface area contributed by atoms with Gasteiger partial charge < -0.3 is 9.64 Å². The highest BCUT2D eigenvalue weighted by atomic mass is 16.5. The zero-order valence-corrected chi connectivity index (χ0v) is 14.9. The highest BCUT2D eigenvalue weighted by Crippen LogP contribution is 2.33. The van der Waals surface area contributed by atoms with E-state index in [1.54, 1.807) is 31.2 Å². The second-order valence-corrected chi connectivity index (χ2v) is 7.05. The van der Waals surface area contributed by atoms with Crippen LogP contribution < -0.4 is 4.74 Å². The molecule has 1 heterocycles. The van der Waals surface area contributed by atoms with Crippen molar-refractivity contribution in [1.29, 1.82) is 0 Å². The van der Waals surface area contributed by atoms with Gasteiger partial charge in [0, 0.05) is 30.5 Å². The number of hydrogen-bond acceptors (Lipinski definition) is 4. The number of ether oxygens (including phenoxy) is 1. The molecular formula is C20H25NO4. The number of hydrogen-bond donors (Lipinski definition) is 0. The normalized spacial score (nSPS) is 24.4. The van der Waals surface area contributed by atoms with Crippen molar-refractivity contribution >= 4 is 17.5 Å². The smallest absolute Gasteiger partial charge is 0.263 e. The molecule has 0 N–H and O–H groups in total. The molecule has 0 aromatic heterocycles. The van der Waals surface area contributed by atoms with Gasteiger partial charge in [0.25, 0.3) is 5.91 Å². The Morgan fingerprint density at radius 2 is 2.04 bits per heavy atom. The van der Waals surface area contributed by atoms with Crippen molar-refractivity contribution in [2.75, 3.05) is 6.54 Å². The van der Waals surface area contributed by atoms with E-state index in [1.165, 1.54) is 6.92 Å². The summed E-state index contributed by atoms with van der Waals surface area (Å²) in [5, 5.41) is 0. The van der Waals surface area contributed by atoms with Crippen molar-refractivity contribution in [1.82, 2.24) is 4.90 Å². The summed E-state index contributed by atoms with van der Waals surface area (Å²) in [5.74, 6) is 0.701. The zero-order valence-electron chi connectivity index (χ0n) is 14.9. The summed E-state index contributed by atoms with van der Waals surface area (Å²) in [6, 6.07) is 6.91. The van der Waals surface area contributed by atoms with Gasteiger partial charge in [0.2, 0.25) is 0 Å². The number of amides is 1. The van der Waals surface area contributed by atoms with E-state index >= 15 is 0 Å². The van der Waals surface area contributed by atoms with E-state index < -0.39 is 6.10 Å². The van der Waals surface area contributed by atoms with Crippen LogP contribution in [0.5, 0.6) is 5.75 Å². The van der Waals surface area contributed by atoms with Crippen LogP contribution >= 0.6 is 0 Å². The maximum Gasteiger partial charge on any atom is 0.263 e. The van der Waals surface area contributed by atoms with E-state index in [4.69, 9.17) is 4.74 Å². The Balaban J connectivity index is 1.68. The van der Waals surface area contributed by atoms with Crippen molar-refractivity contribution in [2.24, 2.45) is 5.92 Å². The molecule has 1 saturated carbocycles. The molecule has 1 aromatic carbocycles. The lowest BCUT2D eigenvalue weighted by Gasteiger charge is -2.30. The molecule has 1 aromatic rings. The Bertz CT molecular complexity index is 684. The largest absolute Gasteiger partial charge is 0.481 e. The van der Waals surface area contributed by atoms with Gasteiger partial charge in [-0.25, -0.2) is 0 Å². The predicted molar refractivity (Wildman–Crippen MR) is 93.6 cm³/mol. The molecule has 0 bridgehead atoms. The molecule has 0 spiro atoms. The van der Waals surface area contributed by atoms with E-state index in [-0.39, 0.29) is 23.7 Å². The summed E-state index contributed by atoms with van der Waals surface area (Å²) in [4.78, 5) is 38.3. The number of carbonyl (C=O) groups excluding carboxylic acids is 3. The van der Waals surface area contributed by atoms with Crippen molar-refractivity contribution in [3.8, 4) is 5.75 Å². The van der Waals surface area contributed by atoms with Gasteiger partial charge in [-0.15, -0.1) is 0 Å². The molecule has 2 aliphatic rings. The van der Waals surface area contributed by atoms with Crippen molar-refractivity contribution in [2.45, 2.75) is 58.1 Å². The van der Waals surface area contributed by atoms with Crippen LogP contribution in [0, 0.1) is 5.92 Å². The standard InChI is InChI=1S/C20H25NO4/c1-13(22)15-6-3-7-16(12-15)25-14(2)20(24)21-11-5-9-18(21)17-8-4-10-19(17)23/h3,6-7,12,14,17-18H,4-5,8-11H2,1-2H3. The highest BCUT2D eigenvalue weighted by molar-refractivity contribution is 5.94. The van der Waals surface area contributed by atoms with Crippen LogP contribution in [0.25, 0.3) is 0 Å². The van der Waals surface area contributed by atoms with E-state index in [9.17, 15) is 14.4 Å². The third-order valence-electron chi connectivity index (χ3n) is 5.30. The van der Waals surface area contributed by atoms with Gasteiger partial charge in [0.1, 0.15) is 11.5 Å². The molecule has 1 saturated heterocycles. The van der Waals surface area contributed by atoms with Gasteiger partial charge in [-0.2, -0.15) is 0 Å². The lowest BCUT2D eigenvalue weighted by Crippen LogP contribution is -2.46. The Hall–Kier alpha value is -2.17. The minimum atomic E-state index is -0.640. The molecule has 0 radical (unpaired) electrons. The van der Waals surface area contributed by atoms with E-state index in [0.29, 0.717) is 30.1 Å². The Morgan fingerprint density at radius 3 is 2.72 bits per heavy atom. The van der Waals surface area contributed by atoms with E-state index in [2.05, 4.69) is 0 Å². The molecular weight excluding hydrogens is 318 g/mol. The Labute approximate surface area is 148 Å². The molecule has 5 nitrogen and oxygen atoms in total. The maximum absolute atomic E-state index is 12.9. The monoisotopic (exact) mass is 343 g/mol. The number of Topliss-reactive ketones (excluding diaryl/α,β-unsaturated/α-hetero) is 2. The highest BCUT2D eigenvalue weighted by Gasteiger charge is 2.41. The fourth-order valence-corrected chi connectivity index (χ4v) is 4.01. The number of ketones is 2. The van der Waals surface area contributed by atoms with E-state index in [1.807, 2.05) is 4.90 Å². The van der Waals surface area contributed by atoms with Crippen LogP contribution in [0.1, 0.15) is 56.3 Å². The van der Waals surface area contributed by atoms with Crippen molar-refractivity contribution < 1.29 is 19.1 Å². The van der Waals surface area contributed by atoms with Crippen LogP contribution in [0.2, 0.25) is 0 Å². The van der Waals surface area contributed by atoms with Crippen LogP contribution in [0.15, 0.2) is 24.3 Å². The lowest BCUT2D eigenvalue weighted by molar-refractivity contribution is -0.140. The average molecular weight is 343 g/mol. The zero-order chi connectivity index (χ0) is 18.0. The Kier molecular flexibility index (Phi) is 5.21. The van der Waals surface area contributed by atoms with Gasteiger partial charge in [-0.3, -0.25) is 14.4 Å².